The number of benzene rings is 2. The lowest BCUT2D eigenvalue weighted by molar-refractivity contribution is -0.384. The van der Waals surface area contributed by atoms with Gasteiger partial charge in [0.1, 0.15) is 0 Å². The minimum atomic E-state index is -1.10. The second kappa shape index (κ2) is 6.94. The van der Waals surface area contributed by atoms with Crippen molar-refractivity contribution in [3.05, 3.63) is 75.3 Å². The number of nitrogens with zero attached hydrogens (tertiary/aromatic N) is 2. The third-order valence-corrected chi connectivity index (χ3v) is 2.90. The number of nitrogens with one attached hydrogen (secondary N) is 1. The molecule has 0 atom stereocenters. The normalized spacial score (nSPS) is 10.4. The minimum Gasteiger partial charge on any atom is -0.478 e. The van der Waals surface area contributed by atoms with Crippen LogP contribution in [0.2, 0.25) is 0 Å². The van der Waals surface area contributed by atoms with E-state index in [2.05, 4.69) is 10.5 Å². The van der Waals surface area contributed by atoms with Crippen molar-refractivity contribution >= 4 is 23.8 Å². The maximum atomic E-state index is 11.8. The van der Waals surface area contributed by atoms with Gasteiger partial charge in [-0.1, -0.05) is 18.2 Å². The number of carboxylic acids is 1. The summed E-state index contributed by atoms with van der Waals surface area (Å²) in [4.78, 5) is 32.8. The average molecular weight is 313 g/mol. The highest BCUT2D eigenvalue weighted by molar-refractivity contribution is 5.99. The van der Waals surface area contributed by atoms with Crippen molar-refractivity contribution in [1.82, 2.24) is 5.43 Å². The van der Waals surface area contributed by atoms with Crippen molar-refractivity contribution in [1.29, 1.82) is 0 Å². The van der Waals surface area contributed by atoms with E-state index in [0.717, 1.165) is 0 Å². The van der Waals surface area contributed by atoms with E-state index in [0.29, 0.717) is 5.56 Å². The van der Waals surface area contributed by atoms with Crippen LogP contribution >= 0.6 is 0 Å². The molecule has 2 aromatic carbocycles. The standard InChI is InChI=1S/C15H11N3O5/c19-14(10-5-7-12(8-6-10)18(22)23)17-16-9-11-3-1-2-4-13(11)15(20)21/h1-9H,(H,17,19)(H,20,21). The van der Waals surface area contributed by atoms with Crippen LogP contribution in [0.4, 0.5) is 5.69 Å². The highest BCUT2D eigenvalue weighted by Crippen LogP contribution is 2.11. The highest BCUT2D eigenvalue weighted by atomic mass is 16.6. The van der Waals surface area contributed by atoms with Crippen LogP contribution in [0.3, 0.4) is 0 Å². The Bertz CT molecular complexity index is 784. The number of hydrogen-bond acceptors (Lipinski definition) is 5. The molecule has 0 bridgehead atoms. The summed E-state index contributed by atoms with van der Waals surface area (Å²) in [6.45, 7) is 0. The summed E-state index contributed by atoms with van der Waals surface area (Å²) >= 11 is 0. The fraction of sp³-hybridized carbons (Fsp3) is 0. The van der Waals surface area contributed by atoms with Crippen LogP contribution in [0.15, 0.2) is 53.6 Å². The summed E-state index contributed by atoms with van der Waals surface area (Å²) < 4.78 is 0. The fourth-order valence-electron chi connectivity index (χ4n) is 1.76. The van der Waals surface area contributed by atoms with Crippen molar-refractivity contribution < 1.29 is 19.6 Å². The van der Waals surface area contributed by atoms with E-state index in [9.17, 15) is 19.7 Å². The number of hydrogen-bond donors (Lipinski definition) is 2. The second-order valence-electron chi connectivity index (χ2n) is 4.40. The van der Waals surface area contributed by atoms with Crippen molar-refractivity contribution in [2.24, 2.45) is 5.10 Å². The van der Waals surface area contributed by atoms with E-state index in [1.54, 1.807) is 18.2 Å². The number of rotatable bonds is 5. The molecule has 0 unspecified atom stereocenters. The molecular weight excluding hydrogens is 302 g/mol. The molecule has 0 fully saturated rings. The Balaban J connectivity index is 2.07. The number of carbonyl (C=O) groups is 2. The van der Waals surface area contributed by atoms with E-state index in [-0.39, 0.29) is 16.8 Å². The highest BCUT2D eigenvalue weighted by Gasteiger charge is 2.09. The predicted molar refractivity (Wildman–Crippen MR) is 81.6 cm³/mol. The molecule has 1 amide bonds. The lowest BCUT2D eigenvalue weighted by Gasteiger charge is -2.01. The first kappa shape index (κ1) is 15.8. The maximum absolute atomic E-state index is 11.8. The Morgan fingerprint density at radius 3 is 2.39 bits per heavy atom. The van der Waals surface area contributed by atoms with Crippen LogP contribution < -0.4 is 5.43 Å². The number of non-ortho nitro benzene ring substituents is 1. The van der Waals surface area contributed by atoms with E-state index < -0.39 is 16.8 Å². The first-order valence-electron chi connectivity index (χ1n) is 6.39. The van der Waals surface area contributed by atoms with Crippen LogP contribution in [-0.4, -0.2) is 28.1 Å². The summed E-state index contributed by atoms with van der Waals surface area (Å²) in [6.07, 6.45) is 1.22. The second-order valence-corrected chi connectivity index (χ2v) is 4.40. The zero-order valence-corrected chi connectivity index (χ0v) is 11.7. The van der Waals surface area contributed by atoms with Gasteiger partial charge < -0.3 is 5.11 Å². The van der Waals surface area contributed by atoms with Gasteiger partial charge in [0.25, 0.3) is 11.6 Å². The SMILES string of the molecule is O=C(NN=Cc1ccccc1C(=O)O)c1ccc([N+](=O)[O-])cc1. The van der Waals surface area contributed by atoms with Crippen molar-refractivity contribution in [2.45, 2.75) is 0 Å². The largest absolute Gasteiger partial charge is 0.478 e. The molecule has 0 aliphatic rings. The van der Waals surface area contributed by atoms with E-state index in [4.69, 9.17) is 5.11 Å². The van der Waals surface area contributed by atoms with Crippen LogP contribution in [0, 0.1) is 10.1 Å². The lowest BCUT2D eigenvalue weighted by atomic mass is 10.1. The number of carbonyl (C=O) groups excluding carboxylic acids is 1. The quantitative estimate of drug-likeness (QED) is 0.497. The third-order valence-electron chi connectivity index (χ3n) is 2.90. The molecule has 2 N–H and O–H groups in total. The molecule has 8 heteroatoms. The van der Waals surface area contributed by atoms with Gasteiger partial charge in [0.15, 0.2) is 0 Å². The summed E-state index contributed by atoms with van der Waals surface area (Å²) in [5.41, 5.74) is 2.69. The molecule has 0 heterocycles. The maximum Gasteiger partial charge on any atom is 0.336 e. The summed E-state index contributed by atoms with van der Waals surface area (Å²) in [5.74, 6) is -1.67. The van der Waals surface area contributed by atoms with Crippen molar-refractivity contribution in [2.75, 3.05) is 0 Å². The van der Waals surface area contributed by atoms with Gasteiger partial charge in [0.05, 0.1) is 16.7 Å². The van der Waals surface area contributed by atoms with Gasteiger partial charge in [0.2, 0.25) is 0 Å². The number of amides is 1. The van der Waals surface area contributed by atoms with E-state index in [1.807, 2.05) is 0 Å². The smallest absolute Gasteiger partial charge is 0.336 e. The van der Waals surface area contributed by atoms with E-state index >= 15 is 0 Å². The molecule has 0 aliphatic carbocycles. The number of aromatic carboxylic acids is 1. The van der Waals surface area contributed by atoms with E-state index in [1.165, 1.54) is 36.5 Å². The Morgan fingerprint density at radius 2 is 1.78 bits per heavy atom. The molecule has 0 spiro atoms. The molecule has 0 radical (unpaired) electrons. The molecule has 23 heavy (non-hydrogen) atoms. The van der Waals surface area contributed by atoms with Gasteiger partial charge in [-0.15, -0.1) is 0 Å². The Hall–Kier alpha value is -3.55. The molecule has 116 valence electrons. The van der Waals surface area contributed by atoms with Gasteiger partial charge in [-0.3, -0.25) is 14.9 Å². The minimum absolute atomic E-state index is 0.0563. The molecule has 0 aliphatic heterocycles. The number of nitro benzene ring substituents is 1. The third kappa shape index (κ3) is 3.97. The summed E-state index contributed by atoms with van der Waals surface area (Å²) in [5, 5.41) is 23.2. The van der Waals surface area contributed by atoms with Gasteiger partial charge in [0, 0.05) is 23.3 Å². The van der Waals surface area contributed by atoms with Gasteiger partial charge >= 0.3 is 5.97 Å². The van der Waals surface area contributed by atoms with Crippen LogP contribution in [-0.2, 0) is 0 Å². The fourth-order valence-corrected chi connectivity index (χ4v) is 1.76. The topological polar surface area (TPSA) is 122 Å². The molecular formula is C15H11N3O5. The zero-order chi connectivity index (χ0) is 16.8. The summed E-state index contributed by atoms with van der Waals surface area (Å²) in [6, 6.07) is 11.2. The predicted octanol–water partition coefficient (Wildman–Crippen LogP) is 2.06. The first-order chi connectivity index (χ1) is 11.0. The first-order valence-corrected chi connectivity index (χ1v) is 6.39. The molecule has 2 aromatic rings. The Kier molecular flexibility index (Phi) is 4.78. The summed E-state index contributed by atoms with van der Waals surface area (Å²) in [7, 11) is 0. The van der Waals surface area contributed by atoms with Crippen LogP contribution in [0.25, 0.3) is 0 Å². The molecule has 2 rings (SSSR count). The number of carboxylic acid groups (broad SMARTS) is 1. The Morgan fingerprint density at radius 1 is 1.13 bits per heavy atom. The van der Waals surface area contributed by atoms with Gasteiger partial charge in [-0.25, -0.2) is 10.2 Å². The number of hydrazone groups is 1. The van der Waals surface area contributed by atoms with Crippen molar-refractivity contribution in [3.63, 3.8) is 0 Å². The molecule has 0 saturated heterocycles. The van der Waals surface area contributed by atoms with Gasteiger partial charge in [-0.2, -0.15) is 5.10 Å². The molecule has 0 aromatic heterocycles. The Labute approximate surface area is 130 Å². The molecule has 0 saturated carbocycles. The monoisotopic (exact) mass is 313 g/mol. The van der Waals surface area contributed by atoms with Crippen molar-refractivity contribution in [3.8, 4) is 0 Å². The molecule has 8 nitrogen and oxygen atoms in total. The van der Waals surface area contributed by atoms with Crippen LogP contribution in [0.5, 0.6) is 0 Å². The van der Waals surface area contributed by atoms with Gasteiger partial charge in [-0.05, 0) is 18.2 Å². The van der Waals surface area contributed by atoms with Crippen LogP contribution in [0.1, 0.15) is 26.3 Å². The zero-order valence-electron chi connectivity index (χ0n) is 11.7. The average Bonchev–Trinajstić information content (AvgIpc) is 2.55. The number of nitro groups is 1. The lowest BCUT2D eigenvalue weighted by Crippen LogP contribution is -2.17.